The highest BCUT2D eigenvalue weighted by Crippen LogP contribution is 2.33. The molecule has 0 aliphatic carbocycles. The van der Waals surface area contributed by atoms with E-state index < -0.39 is 0 Å². The fourth-order valence-corrected chi connectivity index (χ4v) is 4.64. The van der Waals surface area contributed by atoms with E-state index in [0.29, 0.717) is 17.0 Å². The predicted octanol–water partition coefficient (Wildman–Crippen LogP) is 4.49. The van der Waals surface area contributed by atoms with Crippen LogP contribution in [0.25, 0.3) is 0 Å². The van der Waals surface area contributed by atoms with Crippen LogP contribution < -0.4 is 19.5 Å². The van der Waals surface area contributed by atoms with Gasteiger partial charge >= 0.3 is 0 Å². The normalized spacial score (nSPS) is 13.0. The number of nitrogens with one attached hydrogen (secondary N) is 1. The van der Waals surface area contributed by atoms with Crippen molar-refractivity contribution in [2.75, 3.05) is 32.6 Å². The molecule has 202 valence electrons. The van der Waals surface area contributed by atoms with Gasteiger partial charge in [0.15, 0.2) is 11.5 Å². The predicted molar refractivity (Wildman–Crippen MR) is 148 cm³/mol. The van der Waals surface area contributed by atoms with Gasteiger partial charge in [-0.05, 0) is 60.9 Å². The first-order valence-corrected chi connectivity index (χ1v) is 13.0. The molecule has 1 amide bonds. The second-order valence-corrected chi connectivity index (χ2v) is 9.58. The van der Waals surface area contributed by atoms with Gasteiger partial charge in [-0.2, -0.15) is 0 Å². The third-order valence-electron chi connectivity index (χ3n) is 6.85. The van der Waals surface area contributed by atoms with Crippen molar-refractivity contribution in [1.82, 2.24) is 19.9 Å². The minimum atomic E-state index is -0.185. The van der Waals surface area contributed by atoms with Crippen molar-refractivity contribution < 1.29 is 19.0 Å². The van der Waals surface area contributed by atoms with E-state index in [1.165, 1.54) is 11.1 Å². The zero-order valence-corrected chi connectivity index (χ0v) is 22.5. The molecule has 1 aliphatic rings. The van der Waals surface area contributed by atoms with E-state index in [-0.39, 0.29) is 12.5 Å². The molecule has 0 atom stereocenters. The van der Waals surface area contributed by atoms with Gasteiger partial charge in [-0.25, -0.2) is 0 Å². The van der Waals surface area contributed by atoms with Gasteiger partial charge in [0.1, 0.15) is 18.1 Å². The molecule has 0 radical (unpaired) electrons. The number of aryl methyl sites for hydroxylation is 1. The molecule has 0 saturated carbocycles. The average Bonchev–Trinajstić information content (AvgIpc) is 3.42. The molecule has 0 bridgehead atoms. The van der Waals surface area contributed by atoms with Gasteiger partial charge in [0, 0.05) is 25.2 Å². The summed E-state index contributed by atoms with van der Waals surface area (Å²) in [4.78, 5) is 15.1. The Bertz CT molecular complexity index is 1430. The third kappa shape index (κ3) is 6.38. The standard InChI is InChI=1S/C30H33N5O4/c1-21-8-10-22(11-9-21)30(36)31-26-6-4-5-7-27(26)39-20-25-19-35(33-32-25)15-14-34-13-12-23-16-28(37-2)29(38-3)17-24(23)18-34/h4-11,16-17,19H,12-15,18,20H2,1-3H3,(H,31,36). The number of amides is 1. The highest BCUT2D eigenvalue weighted by atomic mass is 16.5. The van der Waals surface area contributed by atoms with Crippen LogP contribution in [0.3, 0.4) is 0 Å². The second-order valence-electron chi connectivity index (χ2n) is 9.58. The summed E-state index contributed by atoms with van der Waals surface area (Å²) in [6.07, 6.45) is 2.87. The Morgan fingerprint density at radius 2 is 1.69 bits per heavy atom. The van der Waals surface area contributed by atoms with Gasteiger partial charge in [-0.3, -0.25) is 14.4 Å². The van der Waals surface area contributed by atoms with Crippen LogP contribution in [-0.4, -0.2) is 53.1 Å². The van der Waals surface area contributed by atoms with Gasteiger partial charge in [0.25, 0.3) is 5.91 Å². The summed E-state index contributed by atoms with van der Waals surface area (Å²) in [5.74, 6) is 1.93. The van der Waals surface area contributed by atoms with E-state index in [4.69, 9.17) is 14.2 Å². The SMILES string of the molecule is COc1cc2c(cc1OC)CN(CCn1cc(COc3ccccc3NC(=O)c3ccc(C)cc3)nn1)CC2. The molecule has 39 heavy (non-hydrogen) atoms. The smallest absolute Gasteiger partial charge is 0.255 e. The number of carbonyl (C=O) groups is 1. The number of fused-ring (bicyclic) bond motifs is 1. The number of nitrogens with zero attached hydrogens (tertiary/aromatic N) is 4. The number of benzene rings is 3. The maximum absolute atomic E-state index is 12.7. The molecule has 1 aliphatic heterocycles. The van der Waals surface area contributed by atoms with E-state index in [2.05, 4.69) is 32.7 Å². The molecule has 0 saturated heterocycles. The van der Waals surface area contributed by atoms with Crippen LogP contribution in [0.4, 0.5) is 5.69 Å². The summed E-state index contributed by atoms with van der Waals surface area (Å²) < 4.78 is 18.8. The Kier molecular flexibility index (Phi) is 8.07. The Morgan fingerprint density at radius 3 is 2.46 bits per heavy atom. The van der Waals surface area contributed by atoms with Gasteiger partial charge in [0.05, 0.1) is 32.6 Å². The molecule has 1 N–H and O–H groups in total. The van der Waals surface area contributed by atoms with Gasteiger partial charge in [-0.15, -0.1) is 5.10 Å². The van der Waals surface area contributed by atoms with E-state index in [1.807, 2.05) is 66.3 Å². The molecule has 4 aromatic rings. The van der Waals surface area contributed by atoms with E-state index in [9.17, 15) is 4.79 Å². The molecule has 2 heterocycles. The van der Waals surface area contributed by atoms with Crippen molar-refractivity contribution in [1.29, 1.82) is 0 Å². The van der Waals surface area contributed by atoms with Gasteiger partial charge in [-0.1, -0.05) is 35.0 Å². The zero-order chi connectivity index (χ0) is 27.2. The van der Waals surface area contributed by atoms with Crippen LogP contribution in [0, 0.1) is 6.92 Å². The van der Waals surface area contributed by atoms with E-state index in [0.717, 1.165) is 55.4 Å². The van der Waals surface area contributed by atoms with E-state index in [1.54, 1.807) is 14.2 Å². The number of ether oxygens (including phenoxy) is 3. The molecule has 0 fully saturated rings. The van der Waals surface area contributed by atoms with Crippen molar-refractivity contribution in [3.8, 4) is 17.2 Å². The molecule has 0 unspecified atom stereocenters. The molecular formula is C30H33N5O4. The second kappa shape index (κ2) is 12.0. The highest BCUT2D eigenvalue weighted by molar-refractivity contribution is 6.05. The monoisotopic (exact) mass is 527 g/mol. The minimum absolute atomic E-state index is 0.185. The lowest BCUT2D eigenvalue weighted by Gasteiger charge is -2.29. The summed E-state index contributed by atoms with van der Waals surface area (Å²) >= 11 is 0. The topological polar surface area (TPSA) is 90.7 Å². The minimum Gasteiger partial charge on any atom is -0.493 e. The molecule has 9 nitrogen and oxygen atoms in total. The molecule has 9 heteroatoms. The van der Waals surface area contributed by atoms with E-state index >= 15 is 0 Å². The number of anilines is 1. The largest absolute Gasteiger partial charge is 0.493 e. The summed E-state index contributed by atoms with van der Waals surface area (Å²) in [7, 11) is 3.33. The van der Waals surface area contributed by atoms with Crippen LogP contribution in [0.2, 0.25) is 0 Å². The van der Waals surface area contributed by atoms with Crippen molar-refractivity contribution in [2.24, 2.45) is 0 Å². The van der Waals surface area contributed by atoms with Crippen molar-refractivity contribution in [2.45, 2.75) is 33.0 Å². The Morgan fingerprint density at radius 1 is 0.949 bits per heavy atom. The first-order chi connectivity index (χ1) is 19.0. The van der Waals surface area contributed by atoms with Crippen LogP contribution in [0.5, 0.6) is 17.2 Å². The summed E-state index contributed by atoms with van der Waals surface area (Å²) in [6, 6.07) is 19.0. The molecule has 1 aromatic heterocycles. The fraction of sp³-hybridized carbons (Fsp3) is 0.300. The number of methoxy groups -OCH3 is 2. The lowest BCUT2D eigenvalue weighted by molar-refractivity contribution is 0.102. The van der Waals surface area contributed by atoms with Crippen LogP contribution >= 0.6 is 0 Å². The fourth-order valence-electron chi connectivity index (χ4n) is 4.64. The summed E-state index contributed by atoms with van der Waals surface area (Å²) in [5.41, 5.74) is 5.59. The maximum Gasteiger partial charge on any atom is 0.255 e. The number of hydrogen-bond acceptors (Lipinski definition) is 7. The van der Waals surface area contributed by atoms with Gasteiger partial charge in [0.2, 0.25) is 0 Å². The number of para-hydroxylation sites is 2. The number of hydrogen-bond donors (Lipinski definition) is 1. The van der Waals surface area contributed by atoms with Crippen molar-refractivity contribution in [3.05, 3.63) is 94.8 Å². The first kappa shape index (κ1) is 26.2. The Labute approximate surface area is 228 Å². The quantitative estimate of drug-likeness (QED) is 0.325. The van der Waals surface area contributed by atoms with Crippen LogP contribution in [0.15, 0.2) is 66.9 Å². The molecule has 3 aromatic carbocycles. The Balaban J connectivity index is 1.14. The maximum atomic E-state index is 12.7. The lowest BCUT2D eigenvalue weighted by Crippen LogP contribution is -2.33. The summed E-state index contributed by atoms with van der Waals surface area (Å²) in [6.45, 7) is 5.63. The molecular weight excluding hydrogens is 494 g/mol. The molecule has 0 spiro atoms. The van der Waals surface area contributed by atoms with Crippen molar-refractivity contribution >= 4 is 11.6 Å². The lowest BCUT2D eigenvalue weighted by atomic mass is 9.99. The average molecular weight is 528 g/mol. The number of rotatable bonds is 10. The summed E-state index contributed by atoms with van der Waals surface area (Å²) in [5, 5.41) is 11.5. The number of carbonyl (C=O) groups excluding carboxylic acids is 1. The van der Waals surface area contributed by atoms with Crippen molar-refractivity contribution in [3.63, 3.8) is 0 Å². The van der Waals surface area contributed by atoms with Crippen LogP contribution in [-0.2, 0) is 26.1 Å². The van der Waals surface area contributed by atoms with Crippen LogP contribution in [0.1, 0.15) is 32.7 Å². The Hall–Kier alpha value is -4.37. The highest BCUT2D eigenvalue weighted by Gasteiger charge is 2.19. The zero-order valence-electron chi connectivity index (χ0n) is 22.5. The third-order valence-corrected chi connectivity index (χ3v) is 6.85. The number of aromatic nitrogens is 3. The van der Waals surface area contributed by atoms with Gasteiger partial charge < -0.3 is 19.5 Å². The first-order valence-electron chi connectivity index (χ1n) is 13.0. The molecule has 5 rings (SSSR count).